The molecule has 1 saturated carbocycles. The molecule has 1 fully saturated rings. The first kappa shape index (κ1) is 15.5. The Hall–Kier alpha value is -1.39. The van der Waals surface area contributed by atoms with Crippen LogP contribution in [0.3, 0.4) is 0 Å². The van der Waals surface area contributed by atoms with Crippen LogP contribution in [0.1, 0.15) is 26.7 Å². The summed E-state index contributed by atoms with van der Waals surface area (Å²) in [6.07, 6.45) is 9.20. The molecule has 4 rings (SSSR count). The lowest BCUT2D eigenvalue weighted by molar-refractivity contribution is -0.182. The second-order valence-electron chi connectivity index (χ2n) is 6.93. The molecule has 0 aliphatic heterocycles. The van der Waals surface area contributed by atoms with Gasteiger partial charge in [-0.25, -0.2) is 0 Å². The van der Waals surface area contributed by atoms with Gasteiger partial charge in [0.1, 0.15) is 0 Å². The zero-order chi connectivity index (χ0) is 16.0. The molecule has 0 N–H and O–H groups in total. The van der Waals surface area contributed by atoms with Crippen LogP contribution in [0.5, 0.6) is 0 Å². The lowest BCUT2D eigenvalue weighted by atomic mass is 9.49. The van der Waals surface area contributed by atoms with Crippen LogP contribution < -0.4 is 0 Å². The fourth-order valence-corrected chi connectivity index (χ4v) is 3.93. The van der Waals surface area contributed by atoms with Gasteiger partial charge in [0.2, 0.25) is 5.79 Å². The summed E-state index contributed by atoms with van der Waals surface area (Å²) >= 11 is 0. The van der Waals surface area contributed by atoms with E-state index in [1.54, 1.807) is 13.2 Å². The lowest BCUT2D eigenvalue weighted by Gasteiger charge is -2.56. The molecule has 0 amide bonds. The average molecular weight is 304 g/mol. The first-order valence-electron chi connectivity index (χ1n) is 7.80. The van der Waals surface area contributed by atoms with Gasteiger partial charge in [-0.05, 0) is 47.8 Å². The standard InChI is InChI=1S/C18H24O4/c1-17(2)13-6-5-12(15(17)9-13)11-22-18(21-4)8-7-14(19)10-16(18)20-3/h5,7-8,10,13,15H,6,9,11H2,1-4H3. The molecule has 0 radical (unpaired) electrons. The summed E-state index contributed by atoms with van der Waals surface area (Å²) in [7, 11) is 3.08. The number of hydrogen-bond donors (Lipinski definition) is 0. The van der Waals surface area contributed by atoms with Crippen LogP contribution in [0.2, 0.25) is 0 Å². The molecule has 3 unspecified atom stereocenters. The predicted octanol–water partition coefficient (Wildman–Crippen LogP) is 3.01. The molecule has 3 atom stereocenters. The molecule has 0 spiro atoms. The summed E-state index contributed by atoms with van der Waals surface area (Å²) in [5.41, 5.74) is 1.70. The van der Waals surface area contributed by atoms with Gasteiger partial charge in [-0.2, -0.15) is 0 Å². The highest BCUT2D eigenvalue weighted by molar-refractivity contribution is 6.01. The van der Waals surface area contributed by atoms with Gasteiger partial charge < -0.3 is 14.2 Å². The van der Waals surface area contributed by atoms with Crippen molar-refractivity contribution < 1.29 is 19.0 Å². The van der Waals surface area contributed by atoms with Crippen LogP contribution in [0.15, 0.2) is 35.6 Å². The number of rotatable bonds is 5. The Morgan fingerprint density at radius 2 is 2.09 bits per heavy atom. The Morgan fingerprint density at radius 3 is 2.68 bits per heavy atom. The molecule has 0 aromatic rings. The summed E-state index contributed by atoms with van der Waals surface area (Å²) in [4.78, 5) is 11.5. The predicted molar refractivity (Wildman–Crippen MR) is 83.0 cm³/mol. The molecule has 4 aliphatic rings. The van der Waals surface area contributed by atoms with Crippen LogP contribution in [0.25, 0.3) is 0 Å². The van der Waals surface area contributed by atoms with Gasteiger partial charge >= 0.3 is 0 Å². The topological polar surface area (TPSA) is 44.8 Å². The van der Waals surface area contributed by atoms with Crippen LogP contribution in [-0.4, -0.2) is 32.4 Å². The van der Waals surface area contributed by atoms with Crippen LogP contribution in [0.4, 0.5) is 0 Å². The summed E-state index contributed by atoms with van der Waals surface area (Å²) < 4.78 is 16.9. The summed E-state index contributed by atoms with van der Waals surface area (Å²) in [6.45, 7) is 5.17. The summed E-state index contributed by atoms with van der Waals surface area (Å²) in [5, 5.41) is 0. The van der Waals surface area contributed by atoms with Crippen molar-refractivity contribution in [2.24, 2.45) is 17.3 Å². The third kappa shape index (κ3) is 2.25. The fraction of sp³-hybridized carbons (Fsp3) is 0.611. The van der Waals surface area contributed by atoms with E-state index in [0.717, 1.165) is 12.3 Å². The molecule has 4 nitrogen and oxygen atoms in total. The number of ether oxygens (including phenoxy) is 3. The first-order valence-corrected chi connectivity index (χ1v) is 7.80. The molecular formula is C18H24O4. The fourth-order valence-electron chi connectivity index (χ4n) is 3.93. The van der Waals surface area contributed by atoms with Gasteiger partial charge in [0.15, 0.2) is 11.5 Å². The van der Waals surface area contributed by atoms with Gasteiger partial charge in [0, 0.05) is 13.2 Å². The monoisotopic (exact) mass is 304 g/mol. The van der Waals surface area contributed by atoms with Crippen molar-refractivity contribution in [1.29, 1.82) is 0 Å². The van der Waals surface area contributed by atoms with Crippen LogP contribution in [0, 0.1) is 17.3 Å². The van der Waals surface area contributed by atoms with E-state index in [9.17, 15) is 4.79 Å². The van der Waals surface area contributed by atoms with Crippen molar-refractivity contribution in [1.82, 2.24) is 0 Å². The number of ketones is 1. The Morgan fingerprint density at radius 1 is 1.32 bits per heavy atom. The average Bonchev–Trinajstić information content (AvgIpc) is 2.53. The molecule has 22 heavy (non-hydrogen) atoms. The van der Waals surface area contributed by atoms with E-state index in [1.165, 1.54) is 31.3 Å². The Bertz CT molecular complexity index is 570. The van der Waals surface area contributed by atoms with Gasteiger partial charge in [-0.3, -0.25) is 4.79 Å². The minimum atomic E-state index is -1.10. The zero-order valence-corrected chi connectivity index (χ0v) is 13.7. The maximum atomic E-state index is 11.5. The van der Waals surface area contributed by atoms with E-state index < -0.39 is 5.79 Å². The SMILES string of the molecule is COC1=CC(=O)C=CC1(OC)OCC1=CCC2CC1C2(C)C. The molecule has 120 valence electrons. The highest BCUT2D eigenvalue weighted by Gasteiger charge is 2.51. The molecule has 0 aromatic carbocycles. The maximum absolute atomic E-state index is 11.5. The van der Waals surface area contributed by atoms with Crippen LogP contribution >= 0.6 is 0 Å². The molecular weight excluding hydrogens is 280 g/mol. The van der Waals surface area contributed by atoms with Gasteiger partial charge in [0.25, 0.3) is 0 Å². The van der Waals surface area contributed by atoms with E-state index in [1.807, 2.05) is 0 Å². The molecule has 4 aliphatic carbocycles. The second-order valence-corrected chi connectivity index (χ2v) is 6.93. The van der Waals surface area contributed by atoms with Gasteiger partial charge in [0.05, 0.1) is 13.7 Å². The van der Waals surface area contributed by atoms with E-state index in [-0.39, 0.29) is 5.78 Å². The van der Waals surface area contributed by atoms with E-state index in [4.69, 9.17) is 14.2 Å². The van der Waals surface area contributed by atoms with E-state index in [2.05, 4.69) is 19.9 Å². The van der Waals surface area contributed by atoms with Crippen LogP contribution in [-0.2, 0) is 19.0 Å². The minimum absolute atomic E-state index is 0.118. The van der Waals surface area contributed by atoms with Crippen molar-refractivity contribution in [2.75, 3.05) is 20.8 Å². The van der Waals surface area contributed by atoms with Crippen molar-refractivity contribution in [3.8, 4) is 0 Å². The van der Waals surface area contributed by atoms with Crippen molar-refractivity contribution in [2.45, 2.75) is 32.5 Å². The summed E-state index contributed by atoms with van der Waals surface area (Å²) in [6, 6.07) is 0. The van der Waals surface area contributed by atoms with Crippen molar-refractivity contribution in [3.05, 3.63) is 35.6 Å². The Balaban J connectivity index is 1.75. The minimum Gasteiger partial charge on any atom is -0.495 e. The van der Waals surface area contributed by atoms with E-state index >= 15 is 0 Å². The largest absolute Gasteiger partial charge is 0.495 e. The smallest absolute Gasteiger partial charge is 0.248 e. The first-order chi connectivity index (χ1) is 10.4. The summed E-state index contributed by atoms with van der Waals surface area (Å²) in [5.74, 6) is 0.565. The van der Waals surface area contributed by atoms with Crippen molar-refractivity contribution in [3.63, 3.8) is 0 Å². The third-order valence-corrected chi connectivity index (χ3v) is 5.64. The molecule has 0 saturated heterocycles. The quantitative estimate of drug-likeness (QED) is 0.578. The number of methoxy groups -OCH3 is 2. The normalized spacial score (nSPS) is 35.5. The Kier molecular flexibility index (Phi) is 3.77. The molecule has 0 aromatic heterocycles. The van der Waals surface area contributed by atoms with Gasteiger partial charge in [-0.15, -0.1) is 0 Å². The number of fused-ring (bicyclic) bond motifs is 1. The third-order valence-electron chi connectivity index (χ3n) is 5.64. The Labute approximate surface area is 131 Å². The highest BCUT2D eigenvalue weighted by Crippen LogP contribution is 2.59. The van der Waals surface area contributed by atoms with Crippen molar-refractivity contribution >= 4 is 5.78 Å². The van der Waals surface area contributed by atoms with E-state index in [0.29, 0.717) is 23.7 Å². The van der Waals surface area contributed by atoms with Gasteiger partial charge in [-0.1, -0.05) is 19.9 Å². The molecule has 4 heteroatoms. The number of allylic oxidation sites excluding steroid dienone is 3. The molecule has 0 heterocycles. The number of hydrogen-bond acceptors (Lipinski definition) is 4. The second kappa shape index (κ2) is 5.36. The maximum Gasteiger partial charge on any atom is 0.248 e. The highest BCUT2D eigenvalue weighted by atomic mass is 16.7. The number of carbonyl (C=O) groups is 1. The lowest BCUT2D eigenvalue weighted by Crippen LogP contribution is -2.49. The zero-order valence-electron chi connectivity index (χ0n) is 13.7. The number of carbonyl (C=O) groups excluding carboxylic acids is 1. The molecule has 2 bridgehead atoms.